The molecule has 0 saturated carbocycles. The number of methoxy groups -OCH3 is 1. The number of rotatable bonds is 11. The minimum atomic E-state index is -0.358. The van der Waals surface area contributed by atoms with E-state index in [1.807, 2.05) is 63.2 Å². The van der Waals surface area contributed by atoms with Crippen LogP contribution in [0.25, 0.3) is 22.3 Å². The van der Waals surface area contributed by atoms with Crippen molar-refractivity contribution < 1.29 is 19.0 Å². The molecule has 0 spiro atoms. The first-order valence-electron chi connectivity index (χ1n) is 15.3. The number of hydrogen-bond donors (Lipinski definition) is 1. The van der Waals surface area contributed by atoms with Crippen molar-refractivity contribution in [2.75, 3.05) is 25.6 Å². The molecule has 0 aliphatic rings. The Morgan fingerprint density at radius 1 is 1.00 bits per heavy atom. The van der Waals surface area contributed by atoms with Crippen LogP contribution in [-0.4, -0.2) is 42.1 Å². The van der Waals surface area contributed by atoms with E-state index in [1.54, 1.807) is 30.3 Å². The second-order valence-corrected chi connectivity index (χ2v) is 11.7. The number of para-hydroxylation sites is 2. The van der Waals surface area contributed by atoms with Crippen molar-refractivity contribution in [3.05, 3.63) is 110 Å². The third-order valence-corrected chi connectivity index (χ3v) is 7.84. The summed E-state index contributed by atoms with van der Waals surface area (Å²) in [6.45, 7) is 10.2. The van der Waals surface area contributed by atoms with Gasteiger partial charge in [0.1, 0.15) is 5.75 Å². The Kier molecular flexibility index (Phi) is 10.3. The molecule has 5 aromatic rings. The summed E-state index contributed by atoms with van der Waals surface area (Å²) in [7, 11) is 1.48. The normalized spacial score (nSPS) is 11.3. The number of ether oxygens (including phenoxy) is 3. The molecule has 0 aliphatic carbocycles. The lowest BCUT2D eigenvalue weighted by molar-refractivity contribution is -0.118. The van der Waals surface area contributed by atoms with Gasteiger partial charge in [-0.15, -0.1) is 0 Å². The number of halogens is 1. The maximum atomic E-state index is 14.0. The Morgan fingerprint density at radius 3 is 2.47 bits per heavy atom. The van der Waals surface area contributed by atoms with E-state index < -0.39 is 0 Å². The zero-order valence-electron chi connectivity index (χ0n) is 27.3. The number of hydrogen-bond acceptors (Lipinski definition) is 7. The van der Waals surface area contributed by atoms with E-state index >= 15 is 0 Å². The molecule has 5 rings (SSSR count). The zero-order valence-corrected chi connectivity index (χ0v) is 28.0. The minimum Gasteiger partial charge on any atom is -0.494 e. The molecule has 0 unspecified atom stereocenters. The summed E-state index contributed by atoms with van der Waals surface area (Å²) in [5, 5.41) is 8.28. The van der Waals surface area contributed by atoms with Gasteiger partial charge >= 0.3 is 0 Å². The molecule has 9 nitrogen and oxygen atoms in total. The van der Waals surface area contributed by atoms with Crippen molar-refractivity contribution in [1.82, 2.24) is 9.66 Å². The molecule has 0 radical (unpaired) electrons. The van der Waals surface area contributed by atoms with Gasteiger partial charge in [-0.25, -0.2) is 4.98 Å². The smallest absolute Gasteiger partial charge is 0.282 e. The molecule has 242 valence electrons. The maximum Gasteiger partial charge on any atom is 0.282 e. The van der Waals surface area contributed by atoms with Crippen LogP contribution in [0.4, 0.5) is 5.69 Å². The van der Waals surface area contributed by atoms with Gasteiger partial charge in [0, 0.05) is 27.9 Å². The lowest BCUT2D eigenvalue weighted by Gasteiger charge is -2.18. The lowest BCUT2D eigenvalue weighted by atomic mass is 9.96. The summed E-state index contributed by atoms with van der Waals surface area (Å²) in [6.07, 6.45) is 1.46. The van der Waals surface area contributed by atoms with Crippen molar-refractivity contribution in [2.45, 2.75) is 40.5 Å². The highest BCUT2D eigenvalue weighted by Crippen LogP contribution is 2.36. The summed E-state index contributed by atoms with van der Waals surface area (Å²) in [5.41, 5.74) is 4.81. The summed E-state index contributed by atoms with van der Waals surface area (Å²) in [6, 6.07) is 21.8. The van der Waals surface area contributed by atoms with E-state index in [0.717, 1.165) is 28.0 Å². The number of carbonyl (C=O) groups excluding carboxylic acids is 1. The monoisotopic (exact) mass is 652 g/mol. The average Bonchev–Trinajstić information content (AvgIpc) is 3.04. The van der Waals surface area contributed by atoms with Crippen molar-refractivity contribution in [3.8, 4) is 28.6 Å². The highest BCUT2D eigenvalue weighted by atomic mass is 35.5. The molecule has 0 saturated heterocycles. The summed E-state index contributed by atoms with van der Waals surface area (Å²) in [4.78, 5) is 31.7. The SMILES string of the molecule is CCOc1cc(C)c(-c2nc3ccccc3c(=O)n2N=Cc2cc(Cl)cc(OC)c2OCC(=O)Nc2ccccc2C)cc1C(C)C. The van der Waals surface area contributed by atoms with Crippen molar-refractivity contribution in [2.24, 2.45) is 5.10 Å². The molecule has 0 fully saturated rings. The van der Waals surface area contributed by atoms with Gasteiger partial charge in [0.15, 0.2) is 23.9 Å². The van der Waals surface area contributed by atoms with E-state index in [1.165, 1.54) is 18.0 Å². The molecule has 1 N–H and O–H groups in total. The van der Waals surface area contributed by atoms with Gasteiger partial charge in [-0.05, 0) is 79.8 Å². The van der Waals surface area contributed by atoms with Crippen molar-refractivity contribution in [1.29, 1.82) is 0 Å². The number of nitrogens with one attached hydrogen (secondary N) is 1. The average molecular weight is 653 g/mol. The maximum absolute atomic E-state index is 14.0. The Hall–Kier alpha value is -5.15. The number of nitrogens with zero attached hydrogens (tertiary/aromatic N) is 3. The molecule has 47 heavy (non-hydrogen) atoms. The molecular weight excluding hydrogens is 616 g/mol. The topological polar surface area (TPSA) is 104 Å². The van der Waals surface area contributed by atoms with Crippen LogP contribution < -0.4 is 25.1 Å². The van der Waals surface area contributed by atoms with Crippen LogP contribution in [-0.2, 0) is 4.79 Å². The van der Waals surface area contributed by atoms with Gasteiger partial charge in [0.05, 0.1) is 30.8 Å². The third-order valence-electron chi connectivity index (χ3n) is 7.62. The predicted molar refractivity (Wildman–Crippen MR) is 188 cm³/mol. The Labute approximate surface area is 278 Å². The van der Waals surface area contributed by atoms with Crippen molar-refractivity contribution >= 4 is 40.3 Å². The van der Waals surface area contributed by atoms with Gasteiger partial charge in [0.2, 0.25) is 0 Å². The highest BCUT2D eigenvalue weighted by Gasteiger charge is 2.20. The fourth-order valence-electron chi connectivity index (χ4n) is 5.22. The first-order chi connectivity index (χ1) is 22.6. The second-order valence-electron chi connectivity index (χ2n) is 11.3. The van der Waals surface area contributed by atoms with Crippen LogP contribution in [0.15, 0.2) is 82.7 Å². The molecule has 0 atom stereocenters. The van der Waals surface area contributed by atoms with Gasteiger partial charge in [-0.2, -0.15) is 9.78 Å². The number of aryl methyl sites for hydroxylation is 2. The third kappa shape index (κ3) is 7.31. The number of anilines is 1. The number of fused-ring (bicyclic) bond motifs is 1. The number of aromatic nitrogens is 2. The molecule has 1 aromatic heterocycles. The van der Waals surface area contributed by atoms with Crippen LogP contribution in [0, 0.1) is 13.8 Å². The molecule has 10 heteroatoms. The summed E-state index contributed by atoms with van der Waals surface area (Å²) >= 11 is 6.45. The van der Waals surface area contributed by atoms with E-state index in [-0.39, 0.29) is 29.7 Å². The van der Waals surface area contributed by atoms with Crippen molar-refractivity contribution in [3.63, 3.8) is 0 Å². The summed E-state index contributed by atoms with van der Waals surface area (Å²) < 4.78 is 18.7. The van der Waals surface area contributed by atoms with Gasteiger partial charge < -0.3 is 19.5 Å². The van der Waals surface area contributed by atoms with Gasteiger partial charge in [-0.1, -0.05) is 55.8 Å². The van der Waals surface area contributed by atoms with E-state index in [2.05, 4.69) is 24.3 Å². The van der Waals surface area contributed by atoms with E-state index in [9.17, 15) is 9.59 Å². The van der Waals surface area contributed by atoms with E-state index in [4.69, 9.17) is 30.8 Å². The molecule has 0 aliphatic heterocycles. The first-order valence-corrected chi connectivity index (χ1v) is 15.7. The largest absolute Gasteiger partial charge is 0.494 e. The highest BCUT2D eigenvalue weighted by molar-refractivity contribution is 6.31. The van der Waals surface area contributed by atoms with Crippen LogP contribution in [0.3, 0.4) is 0 Å². The standard InChI is InChI=1S/C37H37ClN4O5/c1-7-46-32-16-24(5)29(19-28(32)22(2)3)36-41-31-15-11-9-13-27(31)37(44)42(36)39-20-25-17-26(38)18-33(45-6)35(25)47-21-34(43)40-30-14-10-8-12-23(30)4/h8-20,22H,7,21H2,1-6H3,(H,40,43). The van der Waals surface area contributed by atoms with E-state index in [0.29, 0.717) is 45.4 Å². The number of amides is 1. The second kappa shape index (κ2) is 14.5. The predicted octanol–water partition coefficient (Wildman–Crippen LogP) is 7.76. The Bertz CT molecular complexity index is 2040. The minimum absolute atomic E-state index is 0.154. The molecule has 4 aromatic carbocycles. The zero-order chi connectivity index (χ0) is 33.7. The molecule has 1 heterocycles. The fraction of sp³-hybridized carbons (Fsp3) is 0.243. The van der Waals surface area contributed by atoms with Gasteiger partial charge in [0.25, 0.3) is 11.5 Å². The van der Waals surface area contributed by atoms with Crippen LogP contribution in [0.1, 0.15) is 48.9 Å². The van der Waals surface area contributed by atoms with Crippen LogP contribution >= 0.6 is 11.6 Å². The lowest BCUT2D eigenvalue weighted by Crippen LogP contribution is -2.22. The summed E-state index contributed by atoms with van der Waals surface area (Å²) in [5.74, 6) is 1.49. The number of carbonyl (C=O) groups is 1. The first kappa shape index (κ1) is 33.2. The number of benzene rings is 4. The van der Waals surface area contributed by atoms with Crippen LogP contribution in [0.2, 0.25) is 5.02 Å². The van der Waals surface area contributed by atoms with Crippen LogP contribution in [0.5, 0.6) is 17.2 Å². The molecule has 1 amide bonds. The molecular formula is C37H37ClN4O5. The Morgan fingerprint density at radius 2 is 1.74 bits per heavy atom. The van der Waals surface area contributed by atoms with Gasteiger partial charge in [-0.3, -0.25) is 9.59 Å². The quantitative estimate of drug-likeness (QED) is 0.146. The Balaban J connectivity index is 1.60. The molecule has 0 bridgehead atoms. The fourth-order valence-corrected chi connectivity index (χ4v) is 5.44.